The van der Waals surface area contributed by atoms with Gasteiger partial charge >= 0.3 is 0 Å². The number of benzene rings is 2. The number of amides is 1. The van der Waals surface area contributed by atoms with Gasteiger partial charge in [0.15, 0.2) is 0 Å². The van der Waals surface area contributed by atoms with E-state index in [1.165, 1.54) is 11.1 Å². The van der Waals surface area contributed by atoms with Gasteiger partial charge in [0.2, 0.25) is 0 Å². The molecule has 3 aromatic rings. The Morgan fingerprint density at radius 3 is 2.56 bits per heavy atom. The van der Waals surface area contributed by atoms with Crippen molar-refractivity contribution in [2.75, 3.05) is 10.2 Å². The summed E-state index contributed by atoms with van der Waals surface area (Å²) in [5.41, 5.74) is 4.04. The molecule has 2 aromatic carbocycles. The molecule has 4 heteroatoms. The van der Waals surface area contributed by atoms with Crippen LogP contribution in [0.15, 0.2) is 72.9 Å². The molecule has 0 aliphatic carbocycles. The molecule has 2 heterocycles. The zero-order valence-corrected chi connectivity index (χ0v) is 15.6. The summed E-state index contributed by atoms with van der Waals surface area (Å²) in [6.07, 6.45) is 2.56. The lowest BCUT2D eigenvalue weighted by Crippen LogP contribution is -2.35. The summed E-state index contributed by atoms with van der Waals surface area (Å²) in [5, 5.41) is 3.38. The lowest BCUT2D eigenvalue weighted by atomic mass is 10.1. The Balaban J connectivity index is 1.50. The van der Waals surface area contributed by atoms with Crippen LogP contribution in [-0.4, -0.2) is 16.9 Å². The van der Waals surface area contributed by atoms with Gasteiger partial charge in [-0.2, -0.15) is 0 Å². The zero-order chi connectivity index (χ0) is 18.8. The van der Waals surface area contributed by atoms with Crippen molar-refractivity contribution < 1.29 is 4.79 Å². The highest BCUT2D eigenvalue weighted by molar-refractivity contribution is 6.07. The Bertz CT molecular complexity index is 937. The van der Waals surface area contributed by atoms with Crippen LogP contribution in [0, 0.1) is 0 Å². The van der Waals surface area contributed by atoms with Crippen LogP contribution >= 0.6 is 0 Å². The summed E-state index contributed by atoms with van der Waals surface area (Å²) in [4.78, 5) is 19.4. The third kappa shape index (κ3) is 3.43. The van der Waals surface area contributed by atoms with E-state index in [-0.39, 0.29) is 18.0 Å². The third-order valence-corrected chi connectivity index (χ3v) is 5.10. The van der Waals surface area contributed by atoms with E-state index < -0.39 is 0 Å². The average Bonchev–Trinajstić information content (AvgIpc) is 3.04. The van der Waals surface area contributed by atoms with E-state index in [9.17, 15) is 4.79 Å². The quantitative estimate of drug-likeness (QED) is 0.726. The molecule has 0 radical (unpaired) electrons. The van der Waals surface area contributed by atoms with E-state index in [4.69, 9.17) is 0 Å². The fourth-order valence-electron chi connectivity index (χ4n) is 3.67. The third-order valence-electron chi connectivity index (χ3n) is 5.10. The highest BCUT2D eigenvalue weighted by atomic mass is 16.2. The lowest BCUT2D eigenvalue weighted by Gasteiger charge is -2.23. The van der Waals surface area contributed by atoms with Crippen LogP contribution < -0.4 is 10.2 Å². The van der Waals surface area contributed by atoms with Crippen molar-refractivity contribution in [3.05, 3.63) is 89.6 Å². The molecule has 0 spiro atoms. The molecular formula is C23H23N3O. The van der Waals surface area contributed by atoms with Gasteiger partial charge in [0.05, 0.1) is 5.56 Å². The highest BCUT2D eigenvalue weighted by Gasteiger charge is 2.31. The van der Waals surface area contributed by atoms with Crippen LogP contribution in [0.3, 0.4) is 0 Å². The molecule has 2 unspecified atom stereocenters. The molecule has 1 aliphatic rings. The van der Waals surface area contributed by atoms with Gasteiger partial charge in [0.25, 0.3) is 5.91 Å². The van der Waals surface area contributed by atoms with Gasteiger partial charge in [0, 0.05) is 24.0 Å². The topological polar surface area (TPSA) is 45.2 Å². The molecule has 1 N–H and O–H groups in total. The van der Waals surface area contributed by atoms with Crippen LogP contribution in [0.4, 0.5) is 11.5 Å². The zero-order valence-electron chi connectivity index (χ0n) is 15.6. The van der Waals surface area contributed by atoms with Gasteiger partial charge < -0.3 is 10.2 Å². The minimum Gasteiger partial charge on any atom is -0.364 e. The smallest absolute Gasteiger partial charge is 0.260 e. The van der Waals surface area contributed by atoms with Gasteiger partial charge in [-0.25, -0.2) is 4.98 Å². The van der Waals surface area contributed by atoms with E-state index in [2.05, 4.69) is 42.3 Å². The van der Waals surface area contributed by atoms with Crippen LogP contribution in [-0.2, 0) is 6.42 Å². The average molecular weight is 357 g/mol. The summed E-state index contributed by atoms with van der Waals surface area (Å²) in [6.45, 7) is 4.18. The lowest BCUT2D eigenvalue weighted by molar-refractivity contribution is 0.0981. The molecular weight excluding hydrogens is 334 g/mol. The number of nitrogens with zero attached hydrogens (tertiary/aromatic N) is 2. The van der Waals surface area contributed by atoms with E-state index in [1.54, 1.807) is 6.20 Å². The first kappa shape index (κ1) is 17.3. The van der Waals surface area contributed by atoms with Crippen LogP contribution in [0.25, 0.3) is 0 Å². The largest absolute Gasteiger partial charge is 0.364 e. The number of hydrogen-bond donors (Lipinski definition) is 1. The minimum absolute atomic E-state index is 0.00241. The van der Waals surface area contributed by atoms with Crippen molar-refractivity contribution in [1.29, 1.82) is 0 Å². The maximum Gasteiger partial charge on any atom is 0.260 e. The minimum atomic E-state index is 0.00241. The van der Waals surface area contributed by atoms with Crippen LogP contribution in [0.2, 0.25) is 0 Å². The molecule has 1 amide bonds. The second-order valence-electron chi connectivity index (χ2n) is 7.07. The number of nitrogens with one attached hydrogen (secondary N) is 1. The number of pyridine rings is 1. The van der Waals surface area contributed by atoms with Crippen molar-refractivity contribution in [3.63, 3.8) is 0 Å². The summed E-state index contributed by atoms with van der Waals surface area (Å²) in [5.74, 6) is 0.764. The standard InChI is InChI=1S/C23H23N3O/c1-16-14-19-10-6-7-11-21(19)26(16)23(27)20-12-13-22(24-15-20)25-17(2)18-8-4-3-5-9-18/h3-13,15-17H,14H2,1-2H3,(H,24,25). The molecule has 136 valence electrons. The van der Waals surface area contributed by atoms with E-state index in [0.29, 0.717) is 5.56 Å². The van der Waals surface area contributed by atoms with Crippen molar-refractivity contribution in [2.45, 2.75) is 32.4 Å². The number of carbonyl (C=O) groups is 1. The van der Waals surface area contributed by atoms with Crippen molar-refractivity contribution in [2.24, 2.45) is 0 Å². The molecule has 4 rings (SSSR count). The Kier molecular flexibility index (Phi) is 4.63. The van der Waals surface area contributed by atoms with Crippen molar-refractivity contribution in [1.82, 2.24) is 4.98 Å². The number of para-hydroxylation sites is 1. The molecule has 0 bridgehead atoms. The van der Waals surface area contributed by atoms with Crippen molar-refractivity contribution >= 4 is 17.4 Å². The molecule has 27 heavy (non-hydrogen) atoms. The maximum absolute atomic E-state index is 13.0. The predicted octanol–water partition coefficient (Wildman–Crippen LogP) is 4.85. The van der Waals surface area contributed by atoms with Gasteiger partial charge in [0.1, 0.15) is 5.82 Å². The molecule has 0 saturated heterocycles. The SMILES string of the molecule is CC(Nc1ccc(C(=O)N2c3ccccc3CC2C)cn1)c1ccccc1. The number of fused-ring (bicyclic) bond motifs is 1. The van der Waals surface area contributed by atoms with Gasteiger partial charge in [-0.3, -0.25) is 4.79 Å². The van der Waals surface area contributed by atoms with Crippen LogP contribution in [0.5, 0.6) is 0 Å². The Labute approximate surface area is 159 Å². The van der Waals surface area contributed by atoms with Crippen molar-refractivity contribution in [3.8, 4) is 0 Å². The highest BCUT2D eigenvalue weighted by Crippen LogP contribution is 2.33. The first-order valence-electron chi connectivity index (χ1n) is 9.32. The second kappa shape index (κ2) is 7.23. The fourth-order valence-corrected chi connectivity index (χ4v) is 3.67. The van der Waals surface area contributed by atoms with Gasteiger partial charge in [-0.05, 0) is 49.6 Å². The number of rotatable bonds is 4. The number of aromatic nitrogens is 1. The predicted molar refractivity (Wildman–Crippen MR) is 109 cm³/mol. The summed E-state index contributed by atoms with van der Waals surface area (Å²) in [6, 6.07) is 22.4. The normalized spacial score (nSPS) is 16.7. The molecule has 0 fully saturated rings. The van der Waals surface area contributed by atoms with Gasteiger partial charge in [-0.15, -0.1) is 0 Å². The number of anilines is 2. The molecule has 1 aromatic heterocycles. The summed E-state index contributed by atoms with van der Waals surface area (Å²) >= 11 is 0. The van der Waals surface area contributed by atoms with E-state index in [1.807, 2.05) is 53.4 Å². The number of hydrogen-bond acceptors (Lipinski definition) is 3. The molecule has 1 aliphatic heterocycles. The number of carbonyl (C=O) groups excluding carboxylic acids is 1. The van der Waals surface area contributed by atoms with E-state index in [0.717, 1.165) is 17.9 Å². The van der Waals surface area contributed by atoms with Crippen LogP contribution in [0.1, 0.15) is 41.4 Å². The molecule has 2 atom stereocenters. The maximum atomic E-state index is 13.0. The first-order chi connectivity index (χ1) is 13.1. The van der Waals surface area contributed by atoms with E-state index >= 15 is 0 Å². The Hall–Kier alpha value is -3.14. The first-order valence-corrected chi connectivity index (χ1v) is 9.32. The molecule has 0 saturated carbocycles. The molecule has 4 nitrogen and oxygen atoms in total. The summed E-state index contributed by atoms with van der Waals surface area (Å²) < 4.78 is 0. The summed E-state index contributed by atoms with van der Waals surface area (Å²) in [7, 11) is 0. The monoisotopic (exact) mass is 357 g/mol. The Morgan fingerprint density at radius 1 is 1.07 bits per heavy atom. The Morgan fingerprint density at radius 2 is 1.81 bits per heavy atom. The second-order valence-corrected chi connectivity index (χ2v) is 7.07. The fraction of sp³-hybridized carbons (Fsp3) is 0.217. The van der Waals surface area contributed by atoms with Gasteiger partial charge in [-0.1, -0.05) is 48.5 Å².